The maximum atomic E-state index is 12.7. The molecule has 2 heterocycles. The van der Waals surface area contributed by atoms with Crippen molar-refractivity contribution in [2.75, 3.05) is 7.05 Å². The zero-order valence-electron chi connectivity index (χ0n) is 12.6. The normalized spacial score (nSPS) is 13.5. The molecule has 0 saturated heterocycles. The highest BCUT2D eigenvalue weighted by Crippen LogP contribution is 2.28. The summed E-state index contributed by atoms with van der Waals surface area (Å²) in [6.45, 7) is 5.74. The van der Waals surface area contributed by atoms with Crippen LogP contribution in [0.1, 0.15) is 35.6 Å². The number of nitrogens with one attached hydrogen (secondary N) is 2. The topological polar surface area (TPSA) is 71.3 Å². The Labute approximate surface area is 129 Å². The summed E-state index contributed by atoms with van der Waals surface area (Å²) >= 11 is 1.54. The van der Waals surface area contributed by atoms with Crippen molar-refractivity contribution in [2.45, 2.75) is 38.3 Å². The standard InChI is InChI=1S/C14H20N2O3S2/c1-9(12-5-6-20-8-12)16-21(17,18)14-11(3)19-10(2)13(14)7-15-4/h5-6,8-9,15-16H,7H2,1-4H3. The molecule has 1 atom stereocenters. The molecule has 0 bridgehead atoms. The van der Waals surface area contributed by atoms with Gasteiger partial charge in [0.2, 0.25) is 10.0 Å². The Hall–Kier alpha value is -1.15. The van der Waals surface area contributed by atoms with Gasteiger partial charge >= 0.3 is 0 Å². The van der Waals surface area contributed by atoms with Crippen molar-refractivity contribution in [2.24, 2.45) is 0 Å². The van der Waals surface area contributed by atoms with Crippen molar-refractivity contribution < 1.29 is 12.8 Å². The molecule has 0 aliphatic rings. The van der Waals surface area contributed by atoms with E-state index in [0.29, 0.717) is 23.6 Å². The molecule has 7 heteroatoms. The molecular formula is C14H20N2O3S2. The van der Waals surface area contributed by atoms with E-state index in [4.69, 9.17) is 4.42 Å². The molecule has 2 N–H and O–H groups in total. The van der Waals surface area contributed by atoms with Crippen LogP contribution in [0, 0.1) is 13.8 Å². The SMILES string of the molecule is CNCc1c(C)oc(C)c1S(=O)(=O)NC(C)c1ccsc1. The molecule has 0 aliphatic heterocycles. The summed E-state index contributed by atoms with van der Waals surface area (Å²) in [6.07, 6.45) is 0. The average molecular weight is 328 g/mol. The number of rotatable bonds is 6. The van der Waals surface area contributed by atoms with Crippen molar-refractivity contribution in [1.29, 1.82) is 0 Å². The Morgan fingerprint density at radius 3 is 2.62 bits per heavy atom. The summed E-state index contributed by atoms with van der Waals surface area (Å²) in [5, 5.41) is 6.85. The minimum absolute atomic E-state index is 0.247. The second-order valence-corrected chi connectivity index (χ2v) is 7.38. The summed E-state index contributed by atoms with van der Waals surface area (Å²) in [6, 6.07) is 1.64. The van der Waals surface area contributed by atoms with Crippen LogP contribution in [0.15, 0.2) is 26.1 Å². The van der Waals surface area contributed by atoms with Gasteiger partial charge in [0.05, 0.1) is 0 Å². The zero-order valence-corrected chi connectivity index (χ0v) is 14.2. The first kappa shape index (κ1) is 16.2. The number of furan rings is 1. The quantitative estimate of drug-likeness (QED) is 0.855. The van der Waals surface area contributed by atoms with Gasteiger partial charge in [-0.25, -0.2) is 13.1 Å². The second-order valence-electron chi connectivity index (χ2n) is 4.95. The fraction of sp³-hybridized carbons (Fsp3) is 0.429. The Morgan fingerprint density at radius 1 is 1.33 bits per heavy atom. The third-order valence-corrected chi connectivity index (χ3v) is 5.76. The first-order valence-electron chi connectivity index (χ1n) is 6.64. The molecule has 0 aromatic carbocycles. The van der Waals surface area contributed by atoms with Crippen LogP contribution in [0.4, 0.5) is 0 Å². The van der Waals surface area contributed by atoms with E-state index in [1.165, 1.54) is 0 Å². The van der Waals surface area contributed by atoms with Crippen molar-refractivity contribution in [3.8, 4) is 0 Å². The van der Waals surface area contributed by atoms with Crippen molar-refractivity contribution >= 4 is 21.4 Å². The van der Waals surface area contributed by atoms with Gasteiger partial charge in [-0.05, 0) is 50.2 Å². The Bertz CT molecular complexity index is 703. The van der Waals surface area contributed by atoms with Gasteiger partial charge in [0, 0.05) is 18.2 Å². The number of hydrogen-bond donors (Lipinski definition) is 2. The summed E-state index contributed by atoms with van der Waals surface area (Å²) in [5.74, 6) is 1.05. The molecule has 0 spiro atoms. The van der Waals surface area contributed by atoms with Gasteiger partial charge in [-0.3, -0.25) is 0 Å². The predicted molar refractivity (Wildman–Crippen MR) is 84.0 cm³/mol. The van der Waals surface area contributed by atoms with Gasteiger partial charge in [0.1, 0.15) is 16.4 Å². The monoisotopic (exact) mass is 328 g/mol. The summed E-state index contributed by atoms with van der Waals surface area (Å²) < 4.78 is 33.6. The Morgan fingerprint density at radius 2 is 2.05 bits per heavy atom. The second kappa shape index (κ2) is 6.31. The molecule has 0 saturated carbocycles. The first-order chi connectivity index (χ1) is 9.86. The van der Waals surface area contributed by atoms with Crippen LogP contribution in [0.5, 0.6) is 0 Å². The molecule has 0 amide bonds. The van der Waals surface area contributed by atoms with E-state index in [9.17, 15) is 8.42 Å². The number of sulfonamides is 1. The zero-order chi connectivity index (χ0) is 15.6. The average Bonchev–Trinajstić information content (AvgIpc) is 2.98. The van der Waals surface area contributed by atoms with E-state index >= 15 is 0 Å². The number of thiophene rings is 1. The Balaban J connectivity index is 2.36. The van der Waals surface area contributed by atoms with E-state index in [1.807, 2.05) is 23.8 Å². The first-order valence-corrected chi connectivity index (χ1v) is 9.07. The highest BCUT2D eigenvalue weighted by atomic mass is 32.2. The van der Waals surface area contributed by atoms with Crippen LogP contribution < -0.4 is 10.0 Å². The van der Waals surface area contributed by atoms with Crippen LogP contribution in [-0.2, 0) is 16.6 Å². The minimum Gasteiger partial charge on any atom is -0.465 e. The predicted octanol–water partition coefficient (Wildman–Crippen LogP) is 2.72. The van der Waals surface area contributed by atoms with Crippen molar-refractivity contribution in [1.82, 2.24) is 10.0 Å². The summed E-state index contributed by atoms with van der Waals surface area (Å²) in [7, 11) is -1.85. The molecule has 0 radical (unpaired) electrons. The Kier molecular flexibility index (Phi) is 4.88. The van der Waals surface area contributed by atoms with Gasteiger partial charge in [-0.15, -0.1) is 0 Å². The summed E-state index contributed by atoms with van der Waals surface area (Å²) in [4.78, 5) is 0.247. The van der Waals surface area contributed by atoms with Crippen LogP contribution in [-0.4, -0.2) is 15.5 Å². The lowest BCUT2D eigenvalue weighted by atomic mass is 10.2. The fourth-order valence-corrected chi connectivity index (χ4v) is 4.76. The van der Waals surface area contributed by atoms with Gasteiger partial charge in [-0.2, -0.15) is 11.3 Å². The third kappa shape index (κ3) is 3.37. The molecule has 0 aliphatic carbocycles. The van der Waals surface area contributed by atoms with Gasteiger partial charge in [-0.1, -0.05) is 0 Å². The smallest absolute Gasteiger partial charge is 0.244 e. The maximum absolute atomic E-state index is 12.7. The van der Waals surface area contributed by atoms with Crippen molar-refractivity contribution in [3.05, 3.63) is 39.5 Å². The highest BCUT2D eigenvalue weighted by Gasteiger charge is 2.28. The van der Waals surface area contributed by atoms with E-state index in [-0.39, 0.29) is 10.9 Å². The van der Waals surface area contributed by atoms with E-state index < -0.39 is 10.0 Å². The third-order valence-electron chi connectivity index (χ3n) is 3.32. The number of hydrogen-bond acceptors (Lipinski definition) is 5. The lowest BCUT2D eigenvalue weighted by Crippen LogP contribution is -2.28. The van der Waals surface area contributed by atoms with Gasteiger partial charge in [0.15, 0.2) is 0 Å². The van der Waals surface area contributed by atoms with Crippen LogP contribution in [0.2, 0.25) is 0 Å². The van der Waals surface area contributed by atoms with E-state index in [0.717, 1.165) is 5.56 Å². The van der Waals surface area contributed by atoms with Gasteiger partial charge < -0.3 is 9.73 Å². The van der Waals surface area contributed by atoms with Gasteiger partial charge in [0.25, 0.3) is 0 Å². The maximum Gasteiger partial charge on any atom is 0.244 e. The molecule has 5 nitrogen and oxygen atoms in total. The molecule has 2 aromatic rings. The largest absolute Gasteiger partial charge is 0.465 e. The lowest BCUT2D eigenvalue weighted by molar-refractivity contribution is 0.493. The van der Waals surface area contributed by atoms with E-state index in [1.54, 1.807) is 32.2 Å². The van der Waals surface area contributed by atoms with Crippen molar-refractivity contribution in [3.63, 3.8) is 0 Å². The van der Waals surface area contributed by atoms with E-state index in [2.05, 4.69) is 10.0 Å². The molecule has 2 rings (SSSR count). The molecule has 1 unspecified atom stereocenters. The van der Waals surface area contributed by atoms with Crippen LogP contribution in [0.25, 0.3) is 0 Å². The molecule has 21 heavy (non-hydrogen) atoms. The van der Waals surface area contributed by atoms with Crippen LogP contribution >= 0.6 is 11.3 Å². The minimum atomic E-state index is -3.63. The highest BCUT2D eigenvalue weighted by molar-refractivity contribution is 7.89. The molecule has 116 valence electrons. The fourth-order valence-electron chi connectivity index (χ4n) is 2.32. The summed E-state index contributed by atoms with van der Waals surface area (Å²) in [5.41, 5.74) is 1.64. The molecule has 0 fully saturated rings. The molecule has 2 aromatic heterocycles. The van der Waals surface area contributed by atoms with Crippen LogP contribution in [0.3, 0.4) is 0 Å². The molecular weight excluding hydrogens is 308 g/mol. The lowest BCUT2D eigenvalue weighted by Gasteiger charge is -2.14. The number of aryl methyl sites for hydroxylation is 2.